The average Bonchev–Trinajstić information content (AvgIpc) is 2.87. The van der Waals surface area contributed by atoms with Gasteiger partial charge in [-0.15, -0.1) is 0 Å². The van der Waals surface area contributed by atoms with E-state index in [4.69, 9.17) is 4.74 Å². The van der Waals surface area contributed by atoms with Gasteiger partial charge in [-0.2, -0.15) is 0 Å². The molecule has 0 bridgehead atoms. The van der Waals surface area contributed by atoms with E-state index in [-0.39, 0.29) is 11.7 Å². The quantitative estimate of drug-likeness (QED) is 0.607. The molecular formula is C24H25NO4. The van der Waals surface area contributed by atoms with Gasteiger partial charge in [-0.05, 0) is 37.5 Å². The zero-order valence-electron chi connectivity index (χ0n) is 16.4. The van der Waals surface area contributed by atoms with Gasteiger partial charge in [0.2, 0.25) is 0 Å². The number of carbonyl (C=O) groups excluding carboxylic acids is 2. The standard InChI is InChI=1S/C24H25NO4/c1-17(26)24(15-13-18-9-4-2-5-10-18)14-8-16-25-20(22(24)27)21(23(25)28)29-19-11-6-3-7-12-19/h2-12,14,20-22,27H,13,15-16H2,1H3/t20-,21-,22+,24-/m1/s1. The Morgan fingerprint density at radius 2 is 1.79 bits per heavy atom. The number of aliphatic hydroxyl groups is 1. The third kappa shape index (κ3) is 3.47. The maximum Gasteiger partial charge on any atom is 0.266 e. The lowest BCUT2D eigenvalue weighted by Gasteiger charge is -2.50. The molecule has 0 radical (unpaired) electrons. The zero-order chi connectivity index (χ0) is 20.4. The van der Waals surface area contributed by atoms with Crippen molar-refractivity contribution in [1.29, 1.82) is 0 Å². The average molecular weight is 391 g/mol. The Kier molecular flexibility index (Phi) is 5.24. The van der Waals surface area contributed by atoms with E-state index in [1.165, 1.54) is 6.92 Å². The molecule has 1 fully saturated rings. The Morgan fingerprint density at radius 3 is 2.45 bits per heavy atom. The largest absolute Gasteiger partial charge is 0.478 e. The van der Waals surface area contributed by atoms with Gasteiger partial charge < -0.3 is 14.7 Å². The number of carbonyl (C=O) groups is 2. The molecule has 0 spiro atoms. The van der Waals surface area contributed by atoms with Crippen molar-refractivity contribution < 1.29 is 19.4 Å². The van der Waals surface area contributed by atoms with Gasteiger partial charge in [0, 0.05) is 6.54 Å². The van der Waals surface area contributed by atoms with Crippen LogP contribution in [0.2, 0.25) is 0 Å². The number of fused-ring (bicyclic) bond motifs is 1. The van der Waals surface area contributed by atoms with E-state index in [1.54, 1.807) is 23.1 Å². The minimum atomic E-state index is -1.05. The monoisotopic (exact) mass is 391 g/mol. The van der Waals surface area contributed by atoms with Crippen molar-refractivity contribution in [3.8, 4) is 5.75 Å². The zero-order valence-corrected chi connectivity index (χ0v) is 16.4. The first-order chi connectivity index (χ1) is 14.0. The molecule has 4 atom stereocenters. The van der Waals surface area contributed by atoms with Crippen molar-refractivity contribution in [2.45, 2.75) is 38.0 Å². The lowest BCUT2D eigenvalue weighted by Crippen LogP contribution is -2.72. The van der Waals surface area contributed by atoms with Gasteiger partial charge in [0.25, 0.3) is 5.91 Å². The molecule has 2 aromatic rings. The van der Waals surface area contributed by atoms with Crippen molar-refractivity contribution in [3.05, 3.63) is 78.4 Å². The van der Waals surface area contributed by atoms with Crippen molar-refractivity contribution in [2.75, 3.05) is 6.54 Å². The predicted octanol–water partition coefficient (Wildman–Crippen LogP) is 2.78. The summed E-state index contributed by atoms with van der Waals surface area (Å²) in [5.41, 5.74) is 0.0606. The highest BCUT2D eigenvalue weighted by atomic mass is 16.5. The topological polar surface area (TPSA) is 66.8 Å². The van der Waals surface area contributed by atoms with Gasteiger partial charge in [0.05, 0.1) is 11.5 Å². The molecule has 2 aliphatic heterocycles. The minimum absolute atomic E-state index is 0.100. The van der Waals surface area contributed by atoms with Crippen LogP contribution in [-0.4, -0.2) is 46.5 Å². The second kappa shape index (κ2) is 7.84. The number of ether oxygens (including phenoxy) is 1. The number of ketones is 1. The molecule has 0 unspecified atom stereocenters. The van der Waals surface area contributed by atoms with Crippen LogP contribution in [0.4, 0.5) is 0 Å². The Hall–Kier alpha value is -2.92. The van der Waals surface area contributed by atoms with Gasteiger partial charge in [-0.3, -0.25) is 9.59 Å². The molecule has 2 heterocycles. The molecule has 5 heteroatoms. The highest BCUT2D eigenvalue weighted by molar-refractivity contribution is 5.91. The van der Waals surface area contributed by atoms with Crippen LogP contribution >= 0.6 is 0 Å². The molecule has 2 aliphatic rings. The van der Waals surface area contributed by atoms with Crippen LogP contribution in [0.15, 0.2) is 72.8 Å². The highest BCUT2D eigenvalue weighted by Crippen LogP contribution is 2.41. The summed E-state index contributed by atoms with van der Waals surface area (Å²) in [5.74, 6) is 0.314. The number of β-lactam (4-membered cyclic amide) rings is 1. The molecule has 1 amide bonds. The first-order valence-electron chi connectivity index (χ1n) is 9.96. The van der Waals surface area contributed by atoms with E-state index in [0.29, 0.717) is 25.1 Å². The number of amides is 1. The van der Waals surface area contributed by atoms with Gasteiger partial charge in [-0.1, -0.05) is 60.7 Å². The Labute approximate surface area is 170 Å². The number of rotatable bonds is 6. The molecule has 0 saturated carbocycles. The highest BCUT2D eigenvalue weighted by Gasteiger charge is 2.59. The molecular weight excluding hydrogens is 366 g/mol. The van der Waals surface area contributed by atoms with E-state index >= 15 is 0 Å². The first kappa shape index (κ1) is 19.4. The lowest BCUT2D eigenvalue weighted by molar-refractivity contribution is -0.178. The number of hydrogen-bond donors (Lipinski definition) is 1. The summed E-state index contributed by atoms with van der Waals surface area (Å²) in [6, 6.07) is 18.5. The van der Waals surface area contributed by atoms with E-state index in [1.807, 2.05) is 54.6 Å². The fourth-order valence-electron chi connectivity index (χ4n) is 4.36. The summed E-state index contributed by atoms with van der Waals surface area (Å²) in [6.45, 7) is 1.89. The van der Waals surface area contributed by atoms with Crippen molar-refractivity contribution in [2.24, 2.45) is 5.41 Å². The van der Waals surface area contributed by atoms with Crippen LogP contribution < -0.4 is 4.74 Å². The molecule has 150 valence electrons. The summed E-state index contributed by atoms with van der Waals surface area (Å²) in [6.07, 6.45) is 2.94. The van der Waals surface area contributed by atoms with Crippen LogP contribution in [0.3, 0.4) is 0 Å². The molecule has 2 aromatic carbocycles. The molecule has 5 nitrogen and oxygen atoms in total. The van der Waals surface area contributed by atoms with Crippen molar-refractivity contribution in [3.63, 3.8) is 0 Å². The van der Waals surface area contributed by atoms with Crippen LogP contribution in [0, 0.1) is 5.41 Å². The van der Waals surface area contributed by atoms with Crippen LogP contribution in [0.25, 0.3) is 0 Å². The van der Waals surface area contributed by atoms with Crippen LogP contribution in [0.1, 0.15) is 18.9 Å². The summed E-state index contributed by atoms with van der Waals surface area (Å²) < 4.78 is 5.90. The summed E-state index contributed by atoms with van der Waals surface area (Å²) >= 11 is 0. The second-order valence-electron chi connectivity index (χ2n) is 7.76. The SMILES string of the molecule is CC(=O)[C@]1(CCc2ccccc2)C=CCN2C(=O)[C@H](Oc3ccccc3)[C@@H]2[C@@H]1O. The fraction of sp³-hybridized carbons (Fsp3) is 0.333. The lowest BCUT2D eigenvalue weighted by atomic mass is 9.69. The first-order valence-corrected chi connectivity index (χ1v) is 9.96. The van der Waals surface area contributed by atoms with Crippen molar-refractivity contribution in [1.82, 2.24) is 4.90 Å². The maximum absolute atomic E-state index is 12.8. The minimum Gasteiger partial charge on any atom is -0.478 e. The Balaban J connectivity index is 1.59. The molecule has 29 heavy (non-hydrogen) atoms. The molecule has 0 aromatic heterocycles. The van der Waals surface area contributed by atoms with E-state index < -0.39 is 23.7 Å². The maximum atomic E-state index is 12.8. The van der Waals surface area contributed by atoms with E-state index in [2.05, 4.69) is 0 Å². The van der Waals surface area contributed by atoms with Gasteiger partial charge in [0.1, 0.15) is 17.6 Å². The Bertz CT molecular complexity index is 911. The molecule has 1 N–H and O–H groups in total. The molecule has 0 aliphatic carbocycles. The number of benzene rings is 2. The fourth-order valence-corrected chi connectivity index (χ4v) is 4.36. The Morgan fingerprint density at radius 1 is 1.14 bits per heavy atom. The third-order valence-corrected chi connectivity index (χ3v) is 6.10. The molecule has 1 saturated heterocycles. The second-order valence-corrected chi connectivity index (χ2v) is 7.76. The smallest absolute Gasteiger partial charge is 0.266 e. The summed E-state index contributed by atoms with van der Waals surface area (Å²) in [7, 11) is 0. The van der Waals surface area contributed by atoms with E-state index in [0.717, 1.165) is 5.56 Å². The number of para-hydroxylation sites is 1. The van der Waals surface area contributed by atoms with Gasteiger partial charge >= 0.3 is 0 Å². The number of Topliss-reactive ketones (excluding diaryl/α,β-unsaturated/α-hetero) is 1. The normalized spacial score (nSPS) is 28.3. The van der Waals surface area contributed by atoms with Crippen LogP contribution in [0.5, 0.6) is 5.75 Å². The predicted molar refractivity (Wildman–Crippen MR) is 109 cm³/mol. The molecule has 4 rings (SSSR count). The van der Waals surface area contributed by atoms with Gasteiger partial charge in [-0.25, -0.2) is 0 Å². The van der Waals surface area contributed by atoms with Crippen LogP contribution in [-0.2, 0) is 16.0 Å². The number of hydrogen-bond acceptors (Lipinski definition) is 4. The number of aliphatic hydroxyl groups excluding tert-OH is 1. The van der Waals surface area contributed by atoms with Crippen molar-refractivity contribution >= 4 is 11.7 Å². The number of aryl methyl sites for hydroxylation is 1. The summed E-state index contributed by atoms with van der Waals surface area (Å²) in [4.78, 5) is 27.0. The number of nitrogens with zero attached hydrogens (tertiary/aromatic N) is 1. The summed E-state index contributed by atoms with van der Waals surface area (Å²) in [5, 5.41) is 11.4. The van der Waals surface area contributed by atoms with E-state index in [9.17, 15) is 14.7 Å². The van der Waals surface area contributed by atoms with Gasteiger partial charge in [0.15, 0.2) is 6.10 Å². The third-order valence-electron chi connectivity index (χ3n) is 6.10.